The second-order valence-electron chi connectivity index (χ2n) is 6.63. The summed E-state index contributed by atoms with van der Waals surface area (Å²) in [5, 5.41) is 3.88. The normalized spacial score (nSPS) is 27.2. The van der Waals surface area contributed by atoms with Crippen molar-refractivity contribution in [1.82, 2.24) is 10.2 Å². The Balaban J connectivity index is 2.85. The van der Waals surface area contributed by atoms with E-state index in [-0.39, 0.29) is 0 Å². The fourth-order valence-corrected chi connectivity index (χ4v) is 3.55. The smallest absolute Gasteiger partial charge is 0.0304 e. The van der Waals surface area contributed by atoms with E-state index in [0.717, 1.165) is 18.0 Å². The standard InChI is InChI=1S/C17H36N2/c1-7-11-15(6)19-13-17(9-3,10-4)18-12-16(19)14(5)8-2/h14-16,18H,7-13H2,1-6H3. The summed E-state index contributed by atoms with van der Waals surface area (Å²) in [6, 6.07) is 1.45. The van der Waals surface area contributed by atoms with Gasteiger partial charge in [0.25, 0.3) is 0 Å². The highest BCUT2D eigenvalue weighted by atomic mass is 15.3. The third kappa shape index (κ3) is 3.95. The van der Waals surface area contributed by atoms with Crippen LogP contribution in [-0.4, -0.2) is 35.6 Å². The lowest BCUT2D eigenvalue weighted by atomic mass is 9.84. The molecule has 1 fully saturated rings. The molecule has 3 unspecified atom stereocenters. The van der Waals surface area contributed by atoms with Gasteiger partial charge in [-0.1, -0.05) is 47.5 Å². The van der Waals surface area contributed by atoms with Crippen molar-refractivity contribution in [3.63, 3.8) is 0 Å². The summed E-state index contributed by atoms with van der Waals surface area (Å²) in [6.07, 6.45) is 6.39. The molecule has 0 amide bonds. The number of nitrogens with zero attached hydrogens (tertiary/aromatic N) is 1. The van der Waals surface area contributed by atoms with Crippen LogP contribution in [-0.2, 0) is 0 Å². The Hall–Kier alpha value is -0.0800. The van der Waals surface area contributed by atoms with Crippen LogP contribution in [0.15, 0.2) is 0 Å². The van der Waals surface area contributed by atoms with Gasteiger partial charge in [-0.15, -0.1) is 0 Å². The number of hydrogen-bond donors (Lipinski definition) is 1. The van der Waals surface area contributed by atoms with E-state index in [1.807, 2.05) is 0 Å². The minimum absolute atomic E-state index is 0.353. The van der Waals surface area contributed by atoms with E-state index in [4.69, 9.17) is 0 Å². The lowest BCUT2D eigenvalue weighted by Crippen LogP contribution is -2.66. The van der Waals surface area contributed by atoms with Crippen LogP contribution in [0.3, 0.4) is 0 Å². The molecule has 0 radical (unpaired) electrons. The third-order valence-corrected chi connectivity index (χ3v) is 5.52. The van der Waals surface area contributed by atoms with Gasteiger partial charge in [-0.2, -0.15) is 0 Å². The summed E-state index contributed by atoms with van der Waals surface area (Å²) in [6.45, 7) is 16.6. The molecule has 0 aliphatic carbocycles. The van der Waals surface area contributed by atoms with Crippen LogP contribution >= 0.6 is 0 Å². The maximum absolute atomic E-state index is 3.88. The molecule has 2 heteroatoms. The predicted molar refractivity (Wildman–Crippen MR) is 85.6 cm³/mol. The monoisotopic (exact) mass is 268 g/mol. The van der Waals surface area contributed by atoms with E-state index in [2.05, 4.69) is 51.8 Å². The number of hydrogen-bond acceptors (Lipinski definition) is 2. The lowest BCUT2D eigenvalue weighted by molar-refractivity contribution is 0.0151. The Bertz CT molecular complexity index is 248. The van der Waals surface area contributed by atoms with Crippen LogP contribution < -0.4 is 5.32 Å². The van der Waals surface area contributed by atoms with E-state index in [9.17, 15) is 0 Å². The highest BCUT2D eigenvalue weighted by Crippen LogP contribution is 2.29. The van der Waals surface area contributed by atoms with Crippen LogP contribution in [0.4, 0.5) is 0 Å². The molecule has 3 atom stereocenters. The van der Waals surface area contributed by atoms with Crippen molar-refractivity contribution in [3.8, 4) is 0 Å². The highest BCUT2D eigenvalue weighted by Gasteiger charge is 2.39. The zero-order valence-corrected chi connectivity index (χ0v) is 14.1. The van der Waals surface area contributed by atoms with E-state index in [1.165, 1.54) is 45.2 Å². The topological polar surface area (TPSA) is 15.3 Å². The Morgan fingerprint density at radius 2 is 1.79 bits per heavy atom. The van der Waals surface area contributed by atoms with E-state index in [0.29, 0.717) is 5.54 Å². The van der Waals surface area contributed by atoms with Gasteiger partial charge in [-0.25, -0.2) is 0 Å². The summed E-state index contributed by atoms with van der Waals surface area (Å²) in [5.74, 6) is 0.790. The molecule has 1 aliphatic rings. The molecule has 114 valence electrons. The maximum atomic E-state index is 3.88. The van der Waals surface area contributed by atoms with Crippen molar-refractivity contribution >= 4 is 0 Å². The highest BCUT2D eigenvalue weighted by molar-refractivity contribution is 4.99. The first kappa shape index (κ1) is 17.0. The zero-order valence-electron chi connectivity index (χ0n) is 14.1. The molecule has 1 heterocycles. The first-order chi connectivity index (χ1) is 9.03. The second kappa shape index (κ2) is 7.64. The molecule has 2 nitrogen and oxygen atoms in total. The van der Waals surface area contributed by atoms with Crippen LogP contribution in [0.5, 0.6) is 0 Å². The SMILES string of the molecule is CCCC(C)N1CC(CC)(CC)NCC1C(C)CC. The Morgan fingerprint density at radius 3 is 2.26 bits per heavy atom. The van der Waals surface area contributed by atoms with Crippen LogP contribution in [0, 0.1) is 5.92 Å². The van der Waals surface area contributed by atoms with Crippen molar-refractivity contribution in [2.24, 2.45) is 5.92 Å². The number of rotatable bonds is 7. The molecule has 1 rings (SSSR count). The Morgan fingerprint density at radius 1 is 1.16 bits per heavy atom. The molecule has 0 spiro atoms. The largest absolute Gasteiger partial charge is 0.308 e. The minimum atomic E-state index is 0.353. The predicted octanol–water partition coefficient (Wildman–Crippen LogP) is 4.05. The average molecular weight is 268 g/mol. The zero-order chi connectivity index (χ0) is 14.5. The maximum Gasteiger partial charge on any atom is 0.0304 e. The summed E-state index contributed by atoms with van der Waals surface area (Å²) in [7, 11) is 0. The van der Waals surface area contributed by atoms with Crippen molar-refractivity contribution in [1.29, 1.82) is 0 Å². The minimum Gasteiger partial charge on any atom is -0.308 e. The molecular formula is C17H36N2. The van der Waals surface area contributed by atoms with Gasteiger partial charge in [0.15, 0.2) is 0 Å². The van der Waals surface area contributed by atoms with Gasteiger partial charge >= 0.3 is 0 Å². The van der Waals surface area contributed by atoms with Gasteiger partial charge in [-0.3, -0.25) is 4.90 Å². The molecule has 1 aliphatic heterocycles. The van der Waals surface area contributed by atoms with Crippen LogP contribution in [0.25, 0.3) is 0 Å². The molecule has 0 aromatic heterocycles. The molecular weight excluding hydrogens is 232 g/mol. The van der Waals surface area contributed by atoms with Gasteiger partial charge < -0.3 is 5.32 Å². The van der Waals surface area contributed by atoms with Crippen molar-refractivity contribution < 1.29 is 0 Å². The van der Waals surface area contributed by atoms with E-state index in [1.54, 1.807) is 0 Å². The fraction of sp³-hybridized carbons (Fsp3) is 1.00. The summed E-state index contributed by atoms with van der Waals surface area (Å²) in [5.41, 5.74) is 0.353. The lowest BCUT2D eigenvalue weighted by Gasteiger charge is -2.51. The first-order valence-corrected chi connectivity index (χ1v) is 8.54. The average Bonchev–Trinajstić information content (AvgIpc) is 2.46. The molecule has 1 N–H and O–H groups in total. The first-order valence-electron chi connectivity index (χ1n) is 8.54. The molecule has 0 aromatic carbocycles. The fourth-order valence-electron chi connectivity index (χ4n) is 3.55. The van der Waals surface area contributed by atoms with E-state index < -0.39 is 0 Å². The number of nitrogens with one attached hydrogen (secondary N) is 1. The number of piperazine rings is 1. The molecule has 0 aromatic rings. The van der Waals surface area contributed by atoms with Crippen molar-refractivity contribution in [3.05, 3.63) is 0 Å². The molecule has 0 saturated carbocycles. The van der Waals surface area contributed by atoms with Gasteiger partial charge in [0.05, 0.1) is 0 Å². The van der Waals surface area contributed by atoms with E-state index >= 15 is 0 Å². The van der Waals surface area contributed by atoms with Gasteiger partial charge in [0, 0.05) is 30.7 Å². The van der Waals surface area contributed by atoms with Crippen LogP contribution in [0.2, 0.25) is 0 Å². The molecule has 19 heavy (non-hydrogen) atoms. The quantitative estimate of drug-likeness (QED) is 0.749. The third-order valence-electron chi connectivity index (χ3n) is 5.52. The summed E-state index contributed by atoms with van der Waals surface area (Å²) >= 11 is 0. The van der Waals surface area contributed by atoms with Gasteiger partial charge in [0.2, 0.25) is 0 Å². The summed E-state index contributed by atoms with van der Waals surface area (Å²) in [4.78, 5) is 2.82. The second-order valence-corrected chi connectivity index (χ2v) is 6.63. The van der Waals surface area contributed by atoms with Gasteiger partial charge in [0.1, 0.15) is 0 Å². The van der Waals surface area contributed by atoms with Crippen LogP contribution in [0.1, 0.15) is 73.6 Å². The van der Waals surface area contributed by atoms with Crippen molar-refractivity contribution in [2.75, 3.05) is 13.1 Å². The summed E-state index contributed by atoms with van der Waals surface area (Å²) < 4.78 is 0. The molecule has 0 bridgehead atoms. The Labute approximate surface area is 121 Å². The van der Waals surface area contributed by atoms with Gasteiger partial charge in [-0.05, 0) is 32.1 Å². The van der Waals surface area contributed by atoms with Crippen molar-refractivity contribution in [2.45, 2.75) is 91.3 Å². The Kier molecular flexibility index (Phi) is 6.82. The molecule has 1 saturated heterocycles.